The van der Waals surface area contributed by atoms with E-state index >= 15 is 0 Å². The van der Waals surface area contributed by atoms with Crippen LogP contribution in [0.2, 0.25) is 0 Å². The minimum atomic E-state index is -0.291. The van der Waals surface area contributed by atoms with Crippen LogP contribution in [-0.4, -0.2) is 25.0 Å². The van der Waals surface area contributed by atoms with Crippen LogP contribution in [0.25, 0.3) is 26.4 Å². The Morgan fingerprint density at radius 3 is 2.79 bits per heavy atom. The van der Waals surface area contributed by atoms with Crippen LogP contribution in [0.1, 0.15) is 11.5 Å². The van der Waals surface area contributed by atoms with Gasteiger partial charge in [-0.15, -0.1) is 22.7 Å². The smallest absolute Gasteiger partial charge is 0.281 e. The van der Waals surface area contributed by atoms with Crippen LogP contribution < -0.4 is 11.0 Å². The molecule has 9 heteroatoms. The van der Waals surface area contributed by atoms with Crippen molar-refractivity contribution < 1.29 is 4.79 Å². The molecule has 5 aromatic rings. The number of carbonyl (C=O) groups is 1. The van der Waals surface area contributed by atoms with Crippen LogP contribution in [0.15, 0.2) is 58.1 Å². The Morgan fingerprint density at radius 1 is 1.14 bits per heavy atom. The minimum Gasteiger partial charge on any atom is -0.294 e. The van der Waals surface area contributed by atoms with E-state index in [9.17, 15) is 9.59 Å². The Kier molecular flexibility index (Phi) is 4.26. The zero-order chi connectivity index (χ0) is 20.0. The quantitative estimate of drug-likeness (QED) is 0.482. The molecule has 1 amide bonds. The number of aromatic nitrogens is 4. The van der Waals surface area contributed by atoms with E-state index < -0.39 is 0 Å². The highest BCUT2D eigenvalue weighted by Crippen LogP contribution is 2.23. The Bertz CT molecular complexity index is 1410. The predicted molar refractivity (Wildman–Crippen MR) is 115 cm³/mol. The molecule has 0 saturated carbocycles. The van der Waals surface area contributed by atoms with E-state index in [-0.39, 0.29) is 17.9 Å². The number of nitrogens with zero attached hydrogens (tertiary/aromatic N) is 4. The average molecular weight is 422 g/mol. The summed E-state index contributed by atoms with van der Waals surface area (Å²) in [4.78, 5) is 35.8. The van der Waals surface area contributed by atoms with E-state index in [1.165, 1.54) is 27.3 Å². The topological polar surface area (TPSA) is 81.3 Å². The van der Waals surface area contributed by atoms with Crippen molar-refractivity contribution in [2.24, 2.45) is 0 Å². The van der Waals surface area contributed by atoms with Gasteiger partial charge in [-0.2, -0.15) is 0 Å². The van der Waals surface area contributed by atoms with E-state index in [1.807, 2.05) is 51.7 Å². The molecule has 1 N–H and O–H groups in total. The summed E-state index contributed by atoms with van der Waals surface area (Å²) in [5.41, 5.74) is 5.10. The number of benzene rings is 1. The standard InChI is InChI=1S/C20H15N5O2S2/c1-12-21-18-15(7-8-28-18)19(27)25(12)23-17(26)9-14-11-29-20-22-16(10-24(14)20)13-5-3-2-4-6-13/h2-8,10-11H,9H2,1H3,(H,23,26). The van der Waals surface area contributed by atoms with Gasteiger partial charge in [0.1, 0.15) is 10.7 Å². The number of thiazole rings is 1. The summed E-state index contributed by atoms with van der Waals surface area (Å²) in [6.07, 6.45) is 2.05. The summed E-state index contributed by atoms with van der Waals surface area (Å²) in [5, 5.41) is 4.23. The molecule has 0 bridgehead atoms. The lowest BCUT2D eigenvalue weighted by Crippen LogP contribution is -2.36. The second-order valence-electron chi connectivity index (χ2n) is 6.52. The molecule has 5 rings (SSSR count). The molecule has 0 unspecified atom stereocenters. The second-order valence-corrected chi connectivity index (χ2v) is 8.25. The molecule has 0 fully saturated rings. The highest BCUT2D eigenvalue weighted by molar-refractivity contribution is 7.16. The van der Waals surface area contributed by atoms with Crippen LogP contribution in [0.3, 0.4) is 0 Å². The fraction of sp³-hybridized carbons (Fsp3) is 0.100. The minimum absolute atomic E-state index is 0.123. The van der Waals surface area contributed by atoms with Gasteiger partial charge in [-0.3, -0.25) is 19.4 Å². The average Bonchev–Trinajstić information content (AvgIpc) is 3.43. The van der Waals surface area contributed by atoms with Gasteiger partial charge in [-0.05, 0) is 18.4 Å². The molecule has 0 aliphatic carbocycles. The first-order valence-corrected chi connectivity index (χ1v) is 10.6. The van der Waals surface area contributed by atoms with Gasteiger partial charge in [0.05, 0.1) is 17.5 Å². The third-order valence-electron chi connectivity index (χ3n) is 4.60. The van der Waals surface area contributed by atoms with Crippen LogP contribution in [-0.2, 0) is 11.2 Å². The van der Waals surface area contributed by atoms with Crippen molar-refractivity contribution in [2.75, 3.05) is 5.43 Å². The maximum Gasteiger partial charge on any atom is 0.281 e. The van der Waals surface area contributed by atoms with Crippen molar-refractivity contribution in [2.45, 2.75) is 13.3 Å². The van der Waals surface area contributed by atoms with Gasteiger partial charge < -0.3 is 0 Å². The van der Waals surface area contributed by atoms with Gasteiger partial charge in [0.2, 0.25) is 5.91 Å². The van der Waals surface area contributed by atoms with E-state index in [0.29, 0.717) is 16.0 Å². The van der Waals surface area contributed by atoms with Crippen molar-refractivity contribution in [1.29, 1.82) is 0 Å². The van der Waals surface area contributed by atoms with Crippen LogP contribution in [0, 0.1) is 6.92 Å². The van der Waals surface area contributed by atoms with Gasteiger partial charge >= 0.3 is 0 Å². The van der Waals surface area contributed by atoms with Crippen LogP contribution >= 0.6 is 22.7 Å². The first-order chi connectivity index (χ1) is 14.1. The molecule has 4 heterocycles. The number of rotatable bonds is 4. The van der Waals surface area contributed by atoms with E-state index in [4.69, 9.17) is 0 Å². The lowest BCUT2D eigenvalue weighted by molar-refractivity contribution is -0.116. The Hall–Kier alpha value is -3.30. The van der Waals surface area contributed by atoms with Gasteiger partial charge in [-0.25, -0.2) is 14.6 Å². The van der Waals surface area contributed by atoms with Gasteiger partial charge in [-0.1, -0.05) is 30.3 Å². The Morgan fingerprint density at radius 2 is 1.97 bits per heavy atom. The Labute approximate surface area is 172 Å². The molecule has 0 aliphatic heterocycles. The molecule has 0 radical (unpaired) electrons. The second kappa shape index (κ2) is 6.94. The highest BCUT2D eigenvalue weighted by atomic mass is 32.1. The van der Waals surface area contributed by atoms with E-state index in [1.54, 1.807) is 13.0 Å². The zero-order valence-electron chi connectivity index (χ0n) is 15.3. The number of nitrogens with one attached hydrogen (secondary N) is 1. The number of thiophene rings is 1. The first kappa shape index (κ1) is 17.8. The number of fused-ring (bicyclic) bond motifs is 2. The molecule has 7 nitrogen and oxygen atoms in total. The fourth-order valence-electron chi connectivity index (χ4n) is 3.18. The van der Waals surface area contributed by atoms with E-state index in [2.05, 4.69) is 15.4 Å². The molecule has 144 valence electrons. The van der Waals surface area contributed by atoms with Crippen LogP contribution in [0.5, 0.6) is 0 Å². The highest BCUT2D eigenvalue weighted by Gasteiger charge is 2.15. The number of aryl methyl sites for hydroxylation is 1. The summed E-state index contributed by atoms with van der Waals surface area (Å²) in [6, 6.07) is 11.6. The molecule has 29 heavy (non-hydrogen) atoms. The summed E-state index contributed by atoms with van der Waals surface area (Å²) in [7, 11) is 0. The van der Waals surface area contributed by atoms with Crippen molar-refractivity contribution in [3.05, 3.63) is 75.2 Å². The maximum absolute atomic E-state index is 12.7. The molecule has 0 atom stereocenters. The molecule has 1 aromatic carbocycles. The van der Waals surface area contributed by atoms with Crippen molar-refractivity contribution in [3.63, 3.8) is 0 Å². The third kappa shape index (κ3) is 3.14. The molecular formula is C20H15N5O2S2. The molecule has 0 spiro atoms. The summed E-state index contributed by atoms with van der Waals surface area (Å²) in [6.45, 7) is 1.70. The lowest BCUT2D eigenvalue weighted by Gasteiger charge is -2.10. The van der Waals surface area contributed by atoms with Gasteiger partial charge in [0.15, 0.2) is 4.96 Å². The van der Waals surface area contributed by atoms with Gasteiger partial charge in [0.25, 0.3) is 5.56 Å². The summed E-state index contributed by atoms with van der Waals surface area (Å²) < 4.78 is 3.13. The van der Waals surface area contributed by atoms with Crippen molar-refractivity contribution in [3.8, 4) is 11.3 Å². The number of hydrogen-bond donors (Lipinski definition) is 1. The van der Waals surface area contributed by atoms with Crippen molar-refractivity contribution >= 4 is 43.8 Å². The number of amides is 1. The SMILES string of the molecule is Cc1nc2sccc2c(=O)n1NC(=O)Cc1csc2nc(-c3ccccc3)cn12. The normalized spacial score (nSPS) is 11.3. The summed E-state index contributed by atoms with van der Waals surface area (Å²) >= 11 is 2.88. The van der Waals surface area contributed by atoms with E-state index in [0.717, 1.165) is 21.9 Å². The lowest BCUT2D eigenvalue weighted by atomic mass is 10.2. The maximum atomic E-state index is 12.7. The largest absolute Gasteiger partial charge is 0.294 e. The Balaban J connectivity index is 1.42. The molecule has 0 aliphatic rings. The number of imidazole rings is 1. The predicted octanol–water partition coefficient (Wildman–Crippen LogP) is 3.46. The number of carbonyl (C=O) groups excluding carboxylic acids is 1. The fourth-order valence-corrected chi connectivity index (χ4v) is 4.85. The third-order valence-corrected chi connectivity index (χ3v) is 6.29. The molecule has 0 saturated heterocycles. The van der Waals surface area contributed by atoms with Crippen LogP contribution in [0.4, 0.5) is 0 Å². The van der Waals surface area contributed by atoms with Gasteiger partial charge in [0, 0.05) is 22.8 Å². The first-order valence-electron chi connectivity index (χ1n) is 8.88. The molecular weight excluding hydrogens is 406 g/mol. The van der Waals surface area contributed by atoms with Crippen molar-refractivity contribution in [1.82, 2.24) is 19.0 Å². The number of hydrogen-bond acceptors (Lipinski definition) is 6. The molecule has 4 aromatic heterocycles. The summed E-state index contributed by atoms with van der Waals surface area (Å²) in [5.74, 6) is 0.156. The zero-order valence-corrected chi connectivity index (χ0v) is 17.0. The monoisotopic (exact) mass is 421 g/mol.